The van der Waals surface area contributed by atoms with E-state index in [2.05, 4.69) is 41.4 Å². The van der Waals surface area contributed by atoms with Crippen molar-refractivity contribution in [3.63, 3.8) is 0 Å². The molecule has 0 aliphatic carbocycles. The van der Waals surface area contributed by atoms with E-state index < -0.39 is 0 Å². The minimum absolute atomic E-state index is 0.0259. The summed E-state index contributed by atoms with van der Waals surface area (Å²) >= 11 is 1.59. The number of benzene rings is 1. The van der Waals surface area contributed by atoms with Gasteiger partial charge in [-0.25, -0.2) is 4.98 Å². The van der Waals surface area contributed by atoms with Crippen molar-refractivity contribution in [1.82, 2.24) is 19.8 Å². The molecule has 0 radical (unpaired) electrons. The van der Waals surface area contributed by atoms with Crippen LogP contribution in [-0.4, -0.2) is 52.3 Å². The number of rotatable bonds is 11. The predicted molar refractivity (Wildman–Crippen MR) is 131 cm³/mol. The van der Waals surface area contributed by atoms with Crippen LogP contribution in [0.1, 0.15) is 54.5 Å². The van der Waals surface area contributed by atoms with Crippen LogP contribution in [0.15, 0.2) is 34.2 Å². The van der Waals surface area contributed by atoms with Gasteiger partial charge >= 0.3 is 0 Å². The summed E-state index contributed by atoms with van der Waals surface area (Å²) in [4.78, 5) is 32.0. The third kappa shape index (κ3) is 7.20. The number of hydrogen-bond donors (Lipinski definition) is 1. The Hall–Kier alpha value is -2.12. The van der Waals surface area contributed by atoms with Crippen molar-refractivity contribution >= 4 is 17.7 Å². The zero-order chi connectivity index (χ0) is 22.9. The summed E-state index contributed by atoms with van der Waals surface area (Å²) < 4.78 is 1.66. The minimum Gasteiger partial charge on any atom is -0.355 e. The number of likely N-dealkylation sites (tertiary alicyclic amines) is 1. The first-order chi connectivity index (χ1) is 15.4. The summed E-state index contributed by atoms with van der Waals surface area (Å²) in [6, 6.07) is 8.28. The number of hydrogen-bond acceptors (Lipinski definition) is 5. The molecule has 7 heteroatoms. The molecule has 1 aliphatic rings. The van der Waals surface area contributed by atoms with E-state index in [1.807, 2.05) is 6.92 Å². The topological polar surface area (TPSA) is 67.2 Å². The van der Waals surface area contributed by atoms with E-state index in [9.17, 15) is 9.59 Å². The SMILES string of the molecule is Cc1ccc(Cc2c(C)nc(SCCCCC(=O)NCCN3CCCC3)n(C)c2=O)cc1. The molecule has 2 heterocycles. The molecule has 32 heavy (non-hydrogen) atoms. The summed E-state index contributed by atoms with van der Waals surface area (Å²) in [7, 11) is 1.80. The zero-order valence-corrected chi connectivity index (χ0v) is 20.5. The average molecular weight is 457 g/mol. The number of aryl methyl sites for hydroxylation is 2. The Balaban J connectivity index is 1.41. The van der Waals surface area contributed by atoms with Crippen molar-refractivity contribution in [2.45, 2.75) is 57.5 Å². The molecular formula is C25H36N4O2S. The van der Waals surface area contributed by atoms with E-state index in [4.69, 9.17) is 4.98 Å². The van der Waals surface area contributed by atoms with Crippen LogP contribution < -0.4 is 10.9 Å². The second kappa shape index (κ2) is 12.2. The van der Waals surface area contributed by atoms with Crippen molar-refractivity contribution in [3.8, 4) is 0 Å². The van der Waals surface area contributed by atoms with E-state index >= 15 is 0 Å². The van der Waals surface area contributed by atoms with Crippen LogP contribution in [0.25, 0.3) is 0 Å². The maximum atomic E-state index is 12.9. The number of nitrogens with zero attached hydrogens (tertiary/aromatic N) is 3. The molecule has 0 atom stereocenters. The standard InChI is InChI=1S/C25H36N4O2S/c1-19-9-11-21(12-10-19)18-22-20(2)27-25(28(3)24(22)31)32-17-7-4-8-23(30)26-13-16-29-14-5-6-15-29/h9-12H,4-8,13-18H2,1-3H3,(H,26,30). The van der Waals surface area contributed by atoms with Crippen LogP contribution in [0.4, 0.5) is 0 Å². The highest BCUT2D eigenvalue weighted by Crippen LogP contribution is 2.18. The van der Waals surface area contributed by atoms with Gasteiger partial charge in [0.05, 0.1) is 0 Å². The maximum Gasteiger partial charge on any atom is 0.257 e. The van der Waals surface area contributed by atoms with Gasteiger partial charge < -0.3 is 10.2 Å². The number of carbonyl (C=O) groups excluding carboxylic acids is 1. The summed E-state index contributed by atoms with van der Waals surface area (Å²) in [5.74, 6) is 0.981. The van der Waals surface area contributed by atoms with Crippen molar-refractivity contribution in [1.29, 1.82) is 0 Å². The number of aromatic nitrogens is 2. The predicted octanol–water partition coefficient (Wildman–Crippen LogP) is 3.46. The number of carbonyl (C=O) groups is 1. The Kier molecular flexibility index (Phi) is 9.36. The minimum atomic E-state index is 0.0259. The van der Waals surface area contributed by atoms with E-state index in [1.54, 1.807) is 23.4 Å². The zero-order valence-electron chi connectivity index (χ0n) is 19.7. The van der Waals surface area contributed by atoms with Crippen LogP contribution in [0.5, 0.6) is 0 Å². The monoisotopic (exact) mass is 456 g/mol. The lowest BCUT2D eigenvalue weighted by atomic mass is 10.0. The molecule has 1 aromatic heterocycles. The molecule has 1 aliphatic heterocycles. The van der Waals surface area contributed by atoms with Crippen molar-refractivity contribution in [3.05, 3.63) is 57.0 Å². The molecule has 0 saturated carbocycles. The molecule has 1 saturated heterocycles. The smallest absolute Gasteiger partial charge is 0.257 e. The molecule has 174 valence electrons. The largest absolute Gasteiger partial charge is 0.355 e. The number of amides is 1. The van der Waals surface area contributed by atoms with Crippen LogP contribution in [0.3, 0.4) is 0 Å². The van der Waals surface area contributed by atoms with Crippen molar-refractivity contribution in [2.75, 3.05) is 31.9 Å². The Morgan fingerprint density at radius 1 is 1.12 bits per heavy atom. The van der Waals surface area contributed by atoms with Crippen LogP contribution in [0.2, 0.25) is 0 Å². The summed E-state index contributed by atoms with van der Waals surface area (Å²) in [5, 5.41) is 3.77. The lowest BCUT2D eigenvalue weighted by molar-refractivity contribution is -0.121. The van der Waals surface area contributed by atoms with Gasteiger partial charge in [-0.3, -0.25) is 14.2 Å². The fourth-order valence-electron chi connectivity index (χ4n) is 3.97. The van der Waals surface area contributed by atoms with Crippen LogP contribution in [-0.2, 0) is 18.3 Å². The highest BCUT2D eigenvalue weighted by Gasteiger charge is 2.13. The van der Waals surface area contributed by atoms with Crippen LogP contribution in [0, 0.1) is 13.8 Å². The first kappa shape index (κ1) is 24.5. The third-order valence-electron chi connectivity index (χ3n) is 6.03. The van der Waals surface area contributed by atoms with Crippen molar-refractivity contribution < 1.29 is 4.79 Å². The summed E-state index contributed by atoms with van der Waals surface area (Å²) in [5.41, 5.74) is 3.91. The van der Waals surface area contributed by atoms with E-state index in [0.29, 0.717) is 12.8 Å². The third-order valence-corrected chi connectivity index (χ3v) is 7.15. The number of thioether (sulfide) groups is 1. The molecule has 2 aromatic rings. The normalized spacial score (nSPS) is 14.1. The van der Waals surface area contributed by atoms with E-state index in [0.717, 1.165) is 66.8 Å². The lowest BCUT2D eigenvalue weighted by Gasteiger charge is -2.14. The van der Waals surface area contributed by atoms with Crippen molar-refractivity contribution in [2.24, 2.45) is 7.05 Å². The van der Waals surface area contributed by atoms with Gasteiger partial charge in [0, 0.05) is 50.0 Å². The first-order valence-electron chi connectivity index (χ1n) is 11.7. The van der Waals surface area contributed by atoms with Gasteiger partial charge in [-0.1, -0.05) is 41.6 Å². The van der Waals surface area contributed by atoms with Gasteiger partial charge in [-0.05, 0) is 58.2 Å². The van der Waals surface area contributed by atoms with E-state index in [1.165, 1.54) is 18.4 Å². The molecule has 1 N–H and O–H groups in total. The fraction of sp³-hybridized carbons (Fsp3) is 0.560. The molecule has 1 aromatic carbocycles. The number of unbranched alkanes of at least 4 members (excludes halogenated alkanes) is 1. The van der Waals surface area contributed by atoms with Gasteiger partial charge in [-0.2, -0.15) is 0 Å². The van der Waals surface area contributed by atoms with Gasteiger partial charge in [0.2, 0.25) is 5.91 Å². The highest BCUT2D eigenvalue weighted by atomic mass is 32.2. The molecular weight excluding hydrogens is 420 g/mol. The summed E-state index contributed by atoms with van der Waals surface area (Å²) in [6.45, 7) is 8.01. The average Bonchev–Trinajstić information content (AvgIpc) is 3.29. The lowest BCUT2D eigenvalue weighted by Crippen LogP contribution is -2.33. The highest BCUT2D eigenvalue weighted by molar-refractivity contribution is 7.99. The molecule has 0 unspecified atom stereocenters. The quantitative estimate of drug-likeness (QED) is 0.319. The Morgan fingerprint density at radius 3 is 2.56 bits per heavy atom. The Bertz CT molecular complexity index is 950. The molecule has 1 fully saturated rings. The molecule has 1 amide bonds. The first-order valence-corrected chi connectivity index (χ1v) is 12.7. The van der Waals surface area contributed by atoms with Crippen LogP contribution >= 0.6 is 11.8 Å². The second-order valence-corrected chi connectivity index (χ2v) is 9.75. The summed E-state index contributed by atoms with van der Waals surface area (Å²) in [6.07, 6.45) is 5.48. The van der Waals surface area contributed by atoms with Gasteiger partial charge in [-0.15, -0.1) is 0 Å². The molecule has 6 nitrogen and oxygen atoms in total. The van der Waals surface area contributed by atoms with Gasteiger partial charge in [0.1, 0.15) is 0 Å². The fourth-order valence-corrected chi connectivity index (χ4v) is 4.98. The molecule has 0 bridgehead atoms. The number of nitrogens with one attached hydrogen (secondary N) is 1. The second-order valence-electron chi connectivity index (χ2n) is 8.69. The van der Waals surface area contributed by atoms with Gasteiger partial charge in [0.25, 0.3) is 5.56 Å². The van der Waals surface area contributed by atoms with E-state index in [-0.39, 0.29) is 11.5 Å². The van der Waals surface area contributed by atoms with Gasteiger partial charge in [0.15, 0.2) is 5.16 Å². The Labute approximate surface area is 195 Å². The molecule has 0 spiro atoms. The Morgan fingerprint density at radius 2 is 1.84 bits per heavy atom. The molecule has 3 rings (SSSR count). The maximum absolute atomic E-state index is 12.9.